The van der Waals surface area contributed by atoms with E-state index < -0.39 is 0 Å². The molecule has 0 aliphatic rings. The Balaban J connectivity index is 3.44. The Bertz CT molecular complexity index is 415. The molecule has 4 nitrogen and oxygen atoms in total. The molecule has 0 atom stereocenters. The van der Waals surface area contributed by atoms with Gasteiger partial charge >= 0.3 is 5.69 Å². The van der Waals surface area contributed by atoms with Gasteiger partial charge in [0, 0.05) is 18.3 Å². The maximum absolute atomic E-state index is 11.3. The standard InChI is InChI=1S/C9H14N2O2/c1-4-5-7-6(2)11(3)9(13)10-8(7)12/h4-5H2,1-3H3,(H,10,12,13). The Morgan fingerprint density at radius 3 is 2.54 bits per heavy atom. The first kappa shape index (κ1) is 9.77. The smallest absolute Gasteiger partial charge is 0.301 e. The number of hydrogen-bond acceptors (Lipinski definition) is 2. The van der Waals surface area contributed by atoms with Gasteiger partial charge in [-0.1, -0.05) is 13.3 Å². The average molecular weight is 182 g/mol. The zero-order chi connectivity index (χ0) is 10.0. The van der Waals surface area contributed by atoms with Crippen LogP contribution in [0.4, 0.5) is 0 Å². The molecule has 72 valence electrons. The van der Waals surface area contributed by atoms with E-state index in [1.54, 1.807) is 14.0 Å². The van der Waals surface area contributed by atoms with Crippen molar-refractivity contribution >= 4 is 0 Å². The summed E-state index contributed by atoms with van der Waals surface area (Å²) in [6, 6.07) is 0. The summed E-state index contributed by atoms with van der Waals surface area (Å²) in [6.07, 6.45) is 1.62. The van der Waals surface area contributed by atoms with Crippen molar-refractivity contribution < 1.29 is 0 Å². The van der Waals surface area contributed by atoms with Crippen LogP contribution in [-0.2, 0) is 13.5 Å². The van der Waals surface area contributed by atoms with Gasteiger partial charge in [0.1, 0.15) is 0 Å². The van der Waals surface area contributed by atoms with Crippen LogP contribution < -0.4 is 11.2 Å². The molecule has 0 saturated carbocycles. The fourth-order valence-electron chi connectivity index (χ4n) is 1.32. The number of nitrogens with zero attached hydrogens (tertiary/aromatic N) is 1. The number of H-pyrrole nitrogens is 1. The first-order valence-corrected chi connectivity index (χ1v) is 4.36. The van der Waals surface area contributed by atoms with E-state index in [2.05, 4.69) is 4.98 Å². The molecule has 1 rings (SSSR count). The molecule has 1 heterocycles. The third-order valence-corrected chi connectivity index (χ3v) is 2.24. The Morgan fingerprint density at radius 1 is 1.38 bits per heavy atom. The second kappa shape index (κ2) is 3.60. The van der Waals surface area contributed by atoms with Crippen LogP contribution in [0.1, 0.15) is 24.6 Å². The van der Waals surface area contributed by atoms with Crippen LogP contribution in [0.2, 0.25) is 0 Å². The maximum Gasteiger partial charge on any atom is 0.328 e. The van der Waals surface area contributed by atoms with Crippen molar-refractivity contribution in [2.45, 2.75) is 26.7 Å². The molecule has 0 aromatic carbocycles. The number of nitrogens with one attached hydrogen (secondary N) is 1. The predicted molar refractivity (Wildman–Crippen MR) is 51.0 cm³/mol. The van der Waals surface area contributed by atoms with Gasteiger partial charge in [-0.2, -0.15) is 0 Å². The van der Waals surface area contributed by atoms with Crippen LogP contribution in [-0.4, -0.2) is 9.55 Å². The molecular formula is C9H14N2O2. The highest BCUT2D eigenvalue weighted by molar-refractivity contribution is 5.15. The average Bonchev–Trinajstić information content (AvgIpc) is 2.09. The van der Waals surface area contributed by atoms with E-state index >= 15 is 0 Å². The van der Waals surface area contributed by atoms with Crippen molar-refractivity contribution in [3.05, 3.63) is 32.1 Å². The van der Waals surface area contributed by atoms with E-state index in [1.807, 2.05) is 6.92 Å². The van der Waals surface area contributed by atoms with Gasteiger partial charge in [-0.25, -0.2) is 4.79 Å². The van der Waals surface area contributed by atoms with Gasteiger partial charge in [0.2, 0.25) is 0 Å². The molecule has 0 radical (unpaired) electrons. The summed E-state index contributed by atoms with van der Waals surface area (Å²) in [5.74, 6) is 0. The quantitative estimate of drug-likeness (QED) is 0.716. The van der Waals surface area contributed by atoms with Gasteiger partial charge in [0.25, 0.3) is 5.56 Å². The van der Waals surface area contributed by atoms with Gasteiger partial charge in [-0.05, 0) is 13.3 Å². The van der Waals surface area contributed by atoms with Crippen molar-refractivity contribution in [2.24, 2.45) is 7.05 Å². The second-order valence-corrected chi connectivity index (χ2v) is 3.13. The molecule has 0 unspecified atom stereocenters. The molecule has 0 aliphatic heterocycles. The lowest BCUT2D eigenvalue weighted by Gasteiger charge is -2.06. The highest BCUT2D eigenvalue weighted by Crippen LogP contribution is 2.00. The maximum atomic E-state index is 11.3. The first-order valence-electron chi connectivity index (χ1n) is 4.36. The van der Waals surface area contributed by atoms with Gasteiger partial charge in [0.15, 0.2) is 0 Å². The Labute approximate surface area is 76.2 Å². The minimum Gasteiger partial charge on any atom is -0.301 e. The lowest BCUT2D eigenvalue weighted by atomic mass is 10.1. The molecule has 1 N–H and O–H groups in total. The molecule has 0 spiro atoms. The molecular weight excluding hydrogens is 168 g/mol. The first-order chi connectivity index (χ1) is 6.07. The number of aromatic amines is 1. The predicted octanol–water partition coefficient (Wildman–Crippen LogP) is 0.335. The number of hydrogen-bond donors (Lipinski definition) is 1. The Morgan fingerprint density at radius 2 is 2.00 bits per heavy atom. The third kappa shape index (κ3) is 1.71. The normalized spacial score (nSPS) is 10.4. The van der Waals surface area contributed by atoms with Crippen molar-refractivity contribution in [1.29, 1.82) is 0 Å². The summed E-state index contributed by atoms with van der Waals surface area (Å²) in [6.45, 7) is 3.80. The van der Waals surface area contributed by atoms with Crippen LogP contribution in [0.5, 0.6) is 0 Å². The van der Waals surface area contributed by atoms with Crippen LogP contribution in [0.3, 0.4) is 0 Å². The van der Waals surface area contributed by atoms with Gasteiger partial charge < -0.3 is 4.57 Å². The summed E-state index contributed by atoms with van der Waals surface area (Å²) < 4.78 is 1.46. The van der Waals surface area contributed by atoms with Crippen LogP contribution in [0.25, 0.3) is 0 Å². The molecule has 1 aromatic heterocycles. The Hall–Kier alpha value is -1.32. The number of rotatable bonds is 2. The largest absolute Gasteiger partial charge is 0.328 e. The molecule has 0 amide bonds. The van der Waals surface area contributed by atoms with Gasteiger partial charge in [0.05, 0.1) is 0 Å². The minimum atomic E-state index is -0.345. The van der Waals surface area contributed by atoms with Crippen molar-refractivity contribution in [3.63, 3.8) is 0 Å². The summed E-state index contributed by atoms with van der Waals surface area (Å²) in [5, 5.41) is 0. The molecule has 13 heavy (non-hydrogen) atoms. The van der Waals surface area contributed by atoms with E-state index in [9.17, 15) is 9.59 Å². The van der Waals surface area contributed by atoms with Crippen molar-refractivity contribution in [2.75, 3.05) is 0 Å². The molecule has 0 saturated heterocycles. The van der Waals surface area contributed by atoms with Crippen LogP contribution >= 0.6 is 0 Å². The highest BCUT2D eigenvalue weighted by Gasteiger charge is 2.06. The van der Waals surface area contributed by atoms with E-state index in [0.29, 0.717) is 5.56 Å². The zero-order valence-corrected chi connectivity index (χ0v) is 8.18. The summed E-state index contributed by atoms with van der Waals surface area (Å²) in [4.78, 5) is 24.7. The van der Waals surface area contributed by atoms with E-state index in [-0.39, 0.29) is 11.2 Å². The second-order valence-electron chi connectivity index (χ2n) is 3.13. The SMILES string of the molecule is CCCc1c(C)n(C)c(=O)[nH]c1=O. The van der Waals surface area contributed by atoms with E-state index in [0.717, 1.165) is 18.5 Å². The fourth-order valence-corrected chi connectivity index (χ4v) is 1.32. The molecule has 0 fully saturated rings. The Kier molecular flexibility index (Phi) is 2.70. The fraction of sp³-hybridized carbons (Fsp3) is 0.556. The van der Waals surface area contributed by atoms with E-state index in [4.69, 9.17) is 0 Å². The lowest BCUT2D eigenvalue weighted by Crippen LogP contribution is -2.32. The van der Waals surface area contributed by atoms with Crippen molar-refractivity contribution in [3.8, 4) is 0 Å². The summed E-state index contributed by atoms with van der Waals surface area (Å²) in [5.41, 5.74) is 0.880. The van der Waals surface area contributed by atoms with E-state index in [1.165, 1.54) is 4.57 Å². The van der Waals surface area contributed by atoms with Gasteiger partial charge in [-0.3, -0.25) is 9.78 Å². The molecule has 4 heteroatoms. The molecule has 0 aliphatic carbocycles. The highest BCUT2D eigenvalue weighted by atomic mass is 16.2. The zero-order valence-electron chi connectivity index (χ0n) is 8.18. The van der Waals surface area contributed by atoms with Crippen LogP contribution in [0.15, 0.2) is 9.59 Å². The van der Waals surface area contributed by atoms with Crippen molar-refractivity contribution in [1.82, 2.24) is 9.55 Å². The summed E-state index contributed by atoms with van der Waals surface area (Å²) >= 11 is 0. The minimum absolute atomic E-state index is 0.248. The monoisotopic (exact) mass is 182 g/mol. The number of aromatic nitrogens is 2. The topological polar surface area (TPSA) is 54.9 Å². The van der Waals surface area contributed by atoms with Crippen LogP contribution in [0, 0.1) is 6.92 Å². The summed E-state index contributed by atoms with van der Waals surface area (Å²) in [7, 11) is 1.66. The molecule has 0 bridgehead atoms. The van der Waals surface area contributed by atoms with Gasteiger partial charge in [-0.15, -0.1) is 0 Å². The lowest BCUT2D eigenvalue weighted by molar-refractivity contribution is 0.730. The molecule has 1 aromatic rings. The third-order valence-electron chi connectivity index (χ3n) is 2.24.